The summed E-state index contributed by atoms with van der Waals surface area (Å²) in [5.74, 6) is 1.53. The van der Waals surface area contributed by atoms with Crippen molar-refractivity contribution in [2.75, 3.05) is 19.0 Å². The Morgan fingerprint density at radius 3 is 2.41 bits per heavy atom. The number of alkyl carbamates (subject to hydrolysis) is 1. The fraction of sp³-hybridized carbons (Fsp3) is 0.387. The summed E-state index contributed by atoms with van der Waals surface area (Å²) < 4.78 is 12.9. The third-order valence-electron chi connectivity index (χ3n) is 7.07. The summed E-state index contributed by atoms with van der Waals surface area (Å²) in [6.45, 7) is 8.28. The fourth-order valence-corrected chi connectivity index (χ4v) is 5.16. The predicted octanol–water partition coefficient (Wildman–Crippen LogP) is 6.41. The summed E-state index contributed by atoms with van der Waals surface area (Å²) in [7, 11) is 1.70. The summed E-state index contributed by atoms with van der Waals surface area (Å²) in [6.07, 6.45) is 6.12. The first kappa shape index (κ1) is 26.7. The van der Waals surface area contributed by atoms with Gasteiger partial charge in [0, 0.05) is 36.7 Å². The number of benzene rings is 2. The molecule has 0 aliphatic heterocycles. The molecule has 8 heteroatoms. The number of methoxy groups -OCH3 is 1. The lowest BCUT2D eigenvalue weighted by Crippen LogP contribution is -2.52. The maximum atomic E-state index is 12.6. The van der Waals surface area contributed by atoms with E-state index in [1.54, 1.807) is 13.3 Å². The number of nitrogens with one attached hydrogen (secondary N) is 2. The van der Waals surface area contributed by atoms with E-state index in [-0.39, 0.29) is 12.1 Å². The van der Waals surface area contributed by atoms with E-state index in [0.717, 1.165) is 53.0 Å². The minimum absolute atomic E-state index is 0.0677. The maximum Gasteiger partial charge on any atom is 0.408 e. The highest BCUT2D eigenvalue weighted by molar-refractivity contribution is 5.90. The van der Waals surface area contributed by atoms with Crippen molar-refractivity contribution in [1.29, 1.82) is 0 Å². The first-order valence-corrected chi connectivity index (χ1v) is 13.5. The lowest BCUT2D eigenvalue weighted by molar-refractivity contribution is 0.0377. The smallest absolute Gasteiger partial charge is 0.408 e. The monoisotopic (exact) mass is 527 g/mol. The van der Waals surface area contributed by atoms with E-state index in [1.807, 2.05) is 49.6 Å². The van der Waals surface area contributed by atoms with Crippen molar-refractivity contribution in [2.24, 2.45) is 0 Å². The summed E-state index contributed by atoms with van der Waals surface area (Å²) >= 11 is 0. The fourth-order valence-electron chi connectivity index (χ4n) is 5.16. The van der Waals surface area contributed by atoms with Crippen LogP contribution in [0, 0.1) is 0 Å². The van der Waals surface area contributed by atoms with Crippen LogP contribution in [0.4, 0.5) is 10.6 Å². The van der Waals surface area contributed by atoms with Gasteiger partial charge in [0.05, 0.1) is 17.8 Å². The number of ether oxygens (including phenoxy) is 2. The molecule has 2 heterocycles. The van der Waals surface area contributed by atoms with Crippen molar-refractivity contribution < 1.29 is 14.3 Å². The van der Waals surface area contributed by atoms with Crippen molar-refractivity contribution in [2.45, 2.75) is 64.1 Å². The predicted molar refractivity (Wildman–Crippen MR) is 154 cm³/mol. The molecule has 4 aromatic rings. The number of anilines is 1. The van der Waals surface area contributed by atoms with Gasteiger partial charge in [-0.2, -0.15) is 0 Å². The average Bonchev–Trinajstić information content (AvgIpc) is 3.35. The topological polar surface area (TPSA) is 89.8 Å². The molecule has 1 atom stereocenters. The molecular formula is C31H37N5O3. The molecule has 1 aliphatic carbocycles. The van der Waals surface area contributed by atoms with Gasteiger partial charge < -0.3 is 20.1 Å². The van der Waals surface area contributed by atoms with Gasteiger partial charge in [0.2, 0.25) is 5.78 Å². The summed E-state index contributed by atoms with van der Waals surface area (Å²) in [4.78, 5) is 22.1. The zero-order valence-electron chi connectivity index (χ0n) is 23.3. The van der Waals surface area contributed by atoms with Gasteiger partial charge >= 0.3 is 6.09 Å². The number of fused-ring (bicyclic) bond motifs is 1. The molecule has 2 aromatic carbocycles. The first-order chi connectivity index (χ1) is 18.7. The lowest BCUT2D eigenvalue weighted by Gasteiger charge is -2.43. The zero-order valence-corrected chi connectivity index (χ0v) is 23.3. The molecule has 5 rings (SSSR count). The van der Waals surface area contributed by atoms with E-state index < -0.39 is 11.1 Å². The van der Waals surface area contributed by atoms with E-state index in [2.05, 4.69) is 58.9 Å². The molecule has 0 unspecified atom stereocenters. The van der Waals surface area contributed by atoms with E-state index in [4.69, 9.17) is 14.5 Å². The third-order valence-corrected chi connectivity index (χ3v) is 7.07. The summed E-state index contributed by atoms with van der Waals surface area (Å²) in [5, 5.41) is 6.79. The second-order valence-electron chi connectivity index (χ2n) is 11.3. The Morgan fingerprint density at radius 2 is 1.79 bits per heavy atom. The molecule has 1 amide bonds. The minimum atomic E-state index is -0.545. The van der Waals surface area contributed by atoms with Crippen LogP contribution in [0.2, 0.25) is 0 Å². The van der Waals surface area contributed by atoms with Crippen molar-refractivity contribution in [1.82, 2.24) is 19.7 Å². The molecule has 0 radical (unpaired) electrons. The molecule has 2 aromatic heterocycles. The van der Waals surface area contributed by atoms with Crippen LogP contribution >= 0.6 is 0 Å². The molecule has 1 saturated carbocycles. The van der Waals surface area contributed by atoms with Gasteiger partial charge in [0.25, 0.3) is 0 Å². The van der Waals surface area contributed by atoms with Gasteiger partial charge in [-0.1, -0.05) is 54.6 Å². The Labute approximate surface area is 229 Å². The average molecular weight is 528 g/mol. The Bertz CT molecular complexity index is 1440. The number of rotatable bonds is 8. The number of nitrogens with zero attached hydrogens (tertiary/aromatic N) is 3. The van der Waals surface area contributed by atoms with Crippen LogP contribution in [0.15, 0.2) is 67.0 Å². The van der Waals surface area contributed by atoms with Crippen LogP contribution < -0.4 is 10.6 Å². The largest absolute Gasteiger partial charge is 0.444 e. The number of hydrogen-bond donors (Lipinski definition) is 2. The van der Waals surface area contributed by atoms with E-state index >= 15 is 0 Å². The van der Waals surface area contributed by atoms with Crippen LogP contribution in [0.25, 0.3) is 28.2 Å². The summed E-state index contributed by atoms with van der Waals surface area (Å²) in [5.41, 5.74) is 3.95. The standard InChI is InChI=1S/C31H37N5O3/c1-21(20-38-5)33-27-25(22-10-7-6-8-11-22)26(34-28-32-18-19-36(27)28)23-12-14-24(15-13-23)31(16-9-17-31)35-29(37)39-30(2,3)4/h6-8,10-15,18-19,21,33H,9,16-17,20H2,1-5H3,(H,35,37)/t21-/m0/s1. The van der Waals surface area contributed by atoms with Gasteiger partial charge in [0.1, 0.15) is 11.4 Å². The molecule has 1 aliphatic rings. The Morgan fingerprint density at radius 1 is 1.08 bits per heavy atom. The Hall–Kier alpha value is -3.91. The Balaban J connectivity index is 1.57. The van der Waals surface area contributed by atoms with Crippen molar-refractivity contribution >= 4 is 17.7 Å². The molecule has 39 heavy (non-hydrogen) atoms. The Kier molecular flexibility index (Phi) is 7.32. The van der Waals surface area contributed by atoms with Crippen molar-refractivity contribution in [3.8, 4) is 22.4 Å². The first-order valence-electron chi connectivity index (χ1n) is 13.5. The van der Waals surface area contributed by atoms with Gasteiger partial charge in [-0.15, -0.1) is 0 Å². The van der Waals surface area contributed by atoms with Crippen molar-refractivity contribution in [3.63, 3.8) is 0 Å². The number of aromatic nitrogens is 3. The molecule has 1 fully saturated rings. The van der Waals surface area contributed by atoms with Crippen LogP contribution in [-0.4, -0.2) is 45.8 Å². The molecule has 0 bridgehead atoms. The highest BCUT2D eigenvalue weighted by Crippen LogP contribution is 2.43. The van der Waals surface area contributed by atoms with Gasteiger partial charge in [-0.25, -0.2) is 14.8 Å². The third kappa shape index (κ3) is 5.61. The molecule has 0 spiro atoms. The second kappa shape index (κ2) is 10.7. The number of hydrogen-bond acceptors (Lipinski definition) is 6. The van der Waals surface area contributed by atoms with Crippen LogP contribution in [0.5, 0.6) is 0 Å². The number of amides is 1. The van der Waals surface area contributed by atoms with E-state index in [0.29, 0.717) is 12.4 Å². The zero-order chi connectivity index (χ0) is 27.6. The molecule has 204 valence electrons. The van der Waals surface area contributed by atoms with Gasteiger partial charge in [-0.3, -0.25) is 4.40 Å². The number of imidazole rings is 1. The highest BCUT2D eigenvalue weighted by atomic mass is 16.6. The molecule has 8 nitrogen and oxygen atoms in total. The quantitative estimate of drug-likeness (QED) is 0.275. The second-order valence-corrected chi connectivity index (χ2v) is 11.3. The SMILES string of the molecule is COC[C@H](C)Nc1c(-c2ccccc2)c(-c2ccc(C3(NC(=O)OC(C)(C)C)CCC3)cc2)nc2nccn12. The maximum absolute atomic E-state index is 12.6. The molecule has 2 N–H and O–H groups in total. The van der Waals surface area contributed by atoms with Crippen LogP contribution in [-0.2, 0) is 15.0 Å². The number of carbonyl (C=O) groups excluding carboxylic acids is 1. The van der Waals surface area contributed by atoms with Gasteiger partial charge in [-0.05, 0) is 58.1 Å². The minimum Gasteiger partial charge on any atom is -0.444 e. The van der Waals surface area contributed by atoms with E-state index in [9.17, 15) is 4.79 Å². The number of carbonyl (C=O) groups is 1. The van der Waals surface area contributed by atoms with Crippen molar-refractivity contribution in [3.05, 3.63) is 72.6 Å². The summed E-state index contributed by atoms with van der Waals surface area (Å²) in [6, 6.07) is 18.7. The highest BCUT2D eigenvalue weighted by Gasteiger charge is 2.41. The van der Waals surface area contributed by atoms with E-state index in [1.165, 1.54) is 0 Å². The van der Waals surface area contributed by atoms with Crippen LogP contribution in [0.3, 0.4) is 0 Å². The van der Waals surface area contributed by atoms with Crippen LogP contribution in [0.1, 0.15) is 52.5 Å². The molecule has 0 saturated heterocycles. The normalized spacial score (nSPS) is 15.4. The molecular weight excluding hydrogens is 490 g/mol. The lowest BCUT2D eigenvalue weighted by atomic mass is 9.71. The van der Waals surface area contributed by atoms with Gasteiger partial charge in [0.15, 0.2) is 0 Å².